The van der Waals surface area contributed by atoms with Gasteiger partial charge >= 0.3 is 5.95 Å². The number of hydrogen-bond donors (Lipinski definition) is 1. The molecule has 0 spiro atoms. The second-order valence-corrected chi connectivity index (χ2v) is 1.48. The molecule has 1 N–H and O–H groups in total. The molecule has 0 bridgehead atoms. The molecule has 0 saturated carbocycles. The summed E-state index contributed by atoms with van der Waals surface area (Å²) < 4.78 is 0. The topological polar surface area (TPSA) is 88.9 Å². The predicted molar refractivity (Wildman–Crippen MR) is 30.0 cm³/mol. The van der Waals surface area contributed by atoms with Gasteiger partial charge in [0.1, 0.15) is 6.20 Å². The van der Waals surface area contributed by atoms with Gasteiger partial charge in [-0.05, 0) is 4.92 Å². The van der Waals surface area contributed by atoms with Gasteiger partial charge in [0.25, 0.3) is 6.29 Å². The maximum absolute atomic E-state index is 9.91. The Bertz CT molecular complexity index is 266. The van der Waals surface area contributed by atoms with E-state index in [1.807, 2.05) is 0 Å². The van der Waals surface area contributed by atoms with E-state index in [0.29, 0.717) is 0 Å². The number of imidazole rings is 1. The van der Waals surface area contributed by atoms with Crippen LogP contribution in [0.1, 0.15) is 5.69 Å². The lowest BCUT2D eigenvalue weighted by Gasteiger charge is -1.84. The molecule has 0 aliphatic carbocycles. The van der Waals surface area contributed by atoms with Crippen molar-refractivity contribution in [2.45, 2.75) is 0 Å². The first-order valence-corrected chi connectivity index (χ1v) is 2.31. The van der Waals surface area contributed by atoms with Crippen molar-refractivity contribution in [2.75, 3.05) is 0 Å². The fraction of sp³-hybridized carbons (Fsp3) is 0. The van der Waals surface area contributed by atoms with Crippen LogP contribution in [0.5, 0.6) is 0 Å². The molecule has 1 aromatic heterocycles. The fourth-order valence-electron chi connectivity index (χ4n) is 0.455. The molecule has 6 nitrogen and oxygen atoms in total. The largest absolute Gasteiger partial charge is 0.432 e. The number of hydrogen-bond acceptors (Lipinski definition) is 4. The summed E-state index contributed by atoms with van der Waals surface area (Å²) in [6, 6.07) is 0. The normalized spacial score (nSPS) is 9.20. The van der Waals surface area contributed by atoms with Crippen LogP contribution < -0.4 is 0 Å². The Morgan fingerprint density at radius 3 is 2.80 bits per heavy atom. The molecule has 0 unspecified atom stereocenters. The first-order chi connectivity index (χ1) is 4.74. The molecule has 51 valence electrons. The van der Waals surface area contributed by atoms with Crippen LogP contribution >= 0.6 is 0 Å². The van der Waals surface area contributed by atoms with Gasteiger partial charge in [0.05, 0.1) is 0 Å². The third kappa shape index (κ3) is 0.993. The zero-order chi connectivity index (χ0) is 7.56. The van der Waals surface area contributed by atoms with E-state index in [2.05, 4.69) is 9.97 Å². The molecule has 0 saturated heterocycles. The number of nitro groups is 1. The third-order valence-corrected chi connectivity index (χ3v) is 0.845. The molecule has 0 aromatic carbocycles. The lowest BCUT2D eigenvalue weighted by atomic mass is 10.6. The fourth-order valence-corrected chi connectivity index (χ4v) is 0.455. The summed E-state index contributed by atoms with van der Waals surface area (Å²) in [6.07, 6.45) is 2.48. The van der Waals surface area contributed by atoms with Crippen molar-refractivity contribution in [3.63, 3.8) is 0 Å². The van der Waals surface area contributed by atoms with Gasteiger partial charge in [-0.15, -0.1) is 0 Å². The zero-order valence-corrected chi connectivity index (χ0v) is 4.70. The Hall–Kier alpha value is -1.72. The first kappa shape index (κ1) is 6.40. The van der Waals surface area contributed by atoms with Crippen LogP contribution in [0, 0.1) is 10.1 Å². The zero-order valence-electron chi connectivity index (χ0n) is 4.70. The minimum atomic E-state index is -0.721. The number of nitrogens with one attached hydrogen (secondary N) is 1. The lowest BCUT2D eigenvalue weighted by Crippen LogP contribution is -1.89. The van der Waals surface area contributed by atoms with Crippen LogP contribution in [-0.4, -0.2) is 21.2 Å². The maximum Gasteiger partial charge on any atom is 0.432 e. The average molecular weight is 140 g/mol. The molecule has 1 heterocycles. The SMILES string of the molecule is O=[C]c1cnc([N+](=O)[O-])[nH]1. The highest BCUT2D eigenvalue weighted by Gasteiger charge is 2.09. The summed E-state index contributed by atoms with van der Waals surface area (Å²) in [6.45, 7) is 0. The van der Waals surface area contributed by atoms with Crippen molar-refractivity contribution in [2.24, 2.45) is 0 Å². The molecule has 0 fully saturated rings. The molecule has 10 heavy (non-hydrogen) atoms. The van der Waals surface area contributed by atoms with E-state index in [9.17, 15) is 14.9 Å². The van der Waals surface area contributed by atoms with Gasteiger partial charge in [-0.25, -0.2) is 4.98 Å². The predicted octanol–water partition coefficient (Wildman–Crippen LogP) is -0.224. The van der Waals surface area contributed by atoms with Crippen LogP contribution in [0.15, 0.2) is 6.20 Å². The van der Waals surface area contributed by atoms with Crippen LogP contribution in [0.25, 0.3) is 0 Å². The maximum atomic E-state index is 9.91. The van der Waals surface area contributed by atoms with E-state index in [0.717, 1.165) is 6.20 Å². The third-order valence-electron chi connectivity index (χ3n) is 0.845. The second kappa shape index (κ2) is 2.26. The minimum Gasteiger partial charge on any atom is -0.390 e. The monoisotopic (exact) mass is 140 g/mol. The molecule has 1 radical (unpaired) electrons. The van der Waals surface area contributed by atoms with Crippen LogP contribution in [0.4, 0.5) is 5.95 Å². The molecule has 0 atom stereocenters. The van der Waals surface area contributed by atoms with E-state index in [1.165, 1.54) is 6.29 Å². The van der Waals surface area contributed by atoms with Gasteiger partial charge in [0.2, 0.25) is 0 Å². The number of rotatable bonds is 2. The highest BCUT2D eigenvalue weighted by atomic mass is 16.6. The van der Waals surface area contributed by atoms with Crippen molar-refractivity contribution in [1.82, 2.24) is 9.97 Å². The van der Waals surface area contributed by atoms with Gasteiger partial charge in [0.15, 0.2) is 5.69 Å². The van der Waals surface area contributed by atoms with E-state index in [4.69, 9.17) is 0 Å². The molecular weight excluding hydrogens is 138 g/mol. The van der Waals surface area contributed by atoms with Gasteiger partial charge in [-0.3, -0.25) is 4.79 Å². The lowest BCUT2D eigenvalue weighted by molar-refractivity contribution is -0.393. The van der Waals surface area contributed by atoms with Crippen molar-refractivity contribution >= 4 is 12.2 Å². The molecule has 6 heteroatoms. The van der Waals surface area contributed by atoms with Crippen LogP contribution in [0.3, 0.4) is 0 Å². The molecule has 0 amide bonds. The highest BCUT2D eigenvalue weighted by molar-refractivity contribution is 5.72. The number of aromatic amines is 1. The number of nitrogens with zero attached hydrogens (tertiary/aromatic N) is 2. The van der Waals surface area contributed by atoms with Crippen molar-refractivity contribution in [3.05, 3.63) is 22.0 Å². The summed E-state index contributed by atoms with van der Waals surface area (Å²) in [5.74, 6) is -0.446. The Balaban J connectivity index is 2.98. The average Bonchev–Trinajstić information content (AvgIpc) is 2.34. The Kier molecular flexibility index (Phi) is 1.44. The smallest absolute Gasteiger partial charge is 0.390 e. The Morgan fingerprint density at radius 1 is 1.80 bits per heavy atom. The van der Waals surface area contributed by atoms with Crippen molar-refractivity contribution in [1.29, 1.82) is 0 Å². The van der Waals surface area contributed by atoms with Crippen LogP contribution in [0.2, 0.25) is 0 Å². The second-order valence-electron chi connectivity index (χ2n) is 1.48. The summed E-state index contributed by atoms with van der Waals surface area (Å²) >= 11 is 0. The molecule has 1 aromatic rings. The van der Waals surface area contributed by atoms with Gasteiger partial charge in [-0.1, -0.05) is 4.98 Å². The first-order valence-electron chi connectivity index (χ1n) is 2.31. The molecular formula is C4H2N3O3. The summed E-state index contributed by atoms with van der Waals surface area (Å²) in [5.41, 5.74) is -0.0216. The van der Waals surface area contributed by atoms with Crippen molar-refractivity contribution < 1.29 is 9.72 Å². The van der Waals surface area contributed by atoms with Gasteiger partial charge < -0.3 is 10.1 Å². The standard InChI is InChI=1S/C4H2N3O3/c8-2-3-1-5-4(6-3)7(9)10/h1H,(H,5,6). The Labute approximate surface area is 55.0 Å². The quantitative estimate of drug-likeness (QED) is 0.454. The molecule has 1 rings (SSSR count). The molecule has 0 aliphatic rings. The van der Waals surface area contributed by atoms with E-state index >= 15 is 0 Å². The van der Waals surface area contributed by atoms with E-state index in [-0.39, 0.29) is 5.69 Å². The van der Waals surface area contributed by atoms with Gasteiger partial charge in [0, 0.05) is 0 Å². The summed E-state index contributed by atoms with van der Waals surface area (Å²) in [5, 5.41) is 9.91. The Morgan fingerprint density at radius 2 is 2.50 bits per heavy atom. The van der Waals surface area contributed by atoms with E-state index in [1.54, 1.807) is 0 Å². The summed E-state index contributed by atoms with van der Waals surface area (Å²) in [4.78, 5) is 24.4. The van der Waals surface area contributed by atoms with E-state index < -0.39 is 10.9 Å². The molecule has 0 aliphatic heterocycles. The van der Waals surface area contributed by atoms with Crippen molar-refractivity contribution in [3.8, 4) is 0 Å². The van der Waals surface area contributed by atoms with Gasteiger partial charge in [-0.2, -0.15) is 0 Å². The summed E-state index contributed by atoms with van der Waals surface area (Å²) in [7, 11) is 0. The highest BCUT2D eigenvalue weighted by Crippen LogP contribution is 2.01. The number of aromatic nitrogens is 2. The minimum absolute atomic E-state index is 0.0216. The van der Waals surface area contributed by atoms with Crippen LogP contribution in [-0.2, 0) is 4.79 Å². The number of H-pyrrole nitrogens is 1. The number of carbonyl (C=O) groups excluding carboxylic acids is 1.